The lowest BCUT2D eigenvalue weighted by atomic mass is 9.93. The number of anilines is 1. The predicted octanol–water partition coefficient (Wildman–Crippen LogP) is 2.08. The fourth-order valence-electron chi connectivity index (χ4n) is 3.77. The molecule has 0 aromatic carbocycles. The zero-order valence-electron chi connectivity index (χ0n) is 17.7. The van der Waals surface area contributed by atoms with Crippen LogP contribution in [0.2, 0.25) is 0 Å². The van der Waals surface area contributed by atoms with E-state index in [-0.39, 0.29) is 16.8 Å². The summed E-state index contributed by atoms with van der Waals surface area (Å²) in [5.74, 6) is -4.87. The van der Waals surface area contributed by atoms with E-state index in [9.17, 15) is 36.4 Å². The molecule has 0 saturated carbocycles. The molecule has 1 unspecified atom stereocenters. The summed E-state index contributed by atoms with van der Waals surface area (Å²) in [5, 5.41) is 26.0. The van der Waals surface area contributed by atoms with Crippen LogP contribution in [-0.4, -0.2) is 64.5 Å². The first-order valence-electron chi connectivity index (χ1n) is 10.0. The number of halogens is 4. The molecule has 3 aromatic heterocycles. The minimum Gasteiger partial charge on any atom is -0.711 e. The Bertz CT molecular complexity index is 1320. The Labute approximate surface area is 191 Å². The van der Waals surface area contributed by atoms with Gasteiger partial charge in [0.25, 0.3) is 18.2 Å². The first kappa shape index (κ1) is 24.1. The molecule has 3 aromatic rings. The largest absolute Gasteiger partial charge is 0.711 e. The fraction of sp³-hybridized carbons (Fsp3) is 0.421. The van der Waals surface area contributed by atoms with Crippen LogP contribution in [0.5, 0.6) is 0 Å². The Hall–Kier alpha value is -3.04. The highest BCUT2D eigenvalue weighted by Gasteiger charge is 2.48. The van der Waals surface area contributed by atoms with Crippen molar-refractivity contribution in [3.05, 3.63) is 47.6 Å². The van der Waals surface area contributed by atoms with Crippen LogP contribution in [0.3, 0.4) is 0 Å². The van der Waals surface area contributed by atoms with Crippen molar-refractivity contribution in [1.29, 1.82) is 0 Å². The third-order valence-electron chi connectivity index (χ3n) is 5.64. The third-order valence-corrected chi connectivity index (χ3v) is 6.55. The molecule has 4 rings (SSSR count). The summed E-state index contributed by atoms with van der Waals surface area (Å²) < 4.78 is 79.6. The van der Waals surface area contributed by atoms with Gasteiger partial charge in [-0.3, -0.25) is 10.1 Å². The molecule has 10 nitrogen and oxygen atoms in total. The second-order valence-electron chi connectivity index (χ2n) is 7.99. The van der Waals surface area contributed by atoms with Crippen molar-refractivity contribution in [2.24, 2.45) is 5.92 Å². The second kappa shape index (κ2) is 8.63. The molecule has 184 valence electrons. The minimum atomic E-state index is -4.11. The Morgan fingerprint density at radius 1 is 1.35 bits per heavy atom. The van der Waals surface area contributed by atoms with Gasteiger partial charge in [-0.05, 0) is 18.2 Å². The minimum absolute atomic E-state index is 0.0122. The molecular formula is C19H20F4N6O4S. The van der Waals surface area contributed by atoms with Gasteiger partial charge in [0.2, 0.25) is 10.0 Å². The van der Waals surface area contributed by atoms with Gasteiger partial charge in [0, 0.05) is 18.1 Å². The number of nitrogens with zero attached hydrogens (tertiary/aromatic N) is 6. The maximum atomic E-state index is 14.5. The number of pyridine rings is 1. The van der Waals surface area contributed by atoms with E-state index >= 15 is 0 Å². The highest BCUT2D eigenvalue weighted by molar-refractivity contribution is 7.88. The summed E-state index contributed by atoms with van der Waals surface area (Å²) in [7, 11) is -4.11. The molecule has 34 heavy (non-hydrogen) atoms. The summed E-state index contributed by atoms with van der Waals surface area (Å²) in [5.41, 5.74) is 0.503. The summed E-state index contributed by atoms with van der Waals surface area (Å²) in [6.07, 6.45) is -0.273. The summed E-state index contributed by atoms with van der Waals surface area (Å²) in [6.45, 7) is -1.47. The van der Waals surface area contributed by atoms with E-state index in [1.165, 1.54) is 33.8 Å². The molecular weight excluding hydrogens is 484 g/mol. The van der Waals surface area contributed by atoms with Crippen LogP contribution in [0, 0.1) is 11.1 Å². The molecule has 4 heterocycles. The topological polar surface area (TPSA) is 118 Å². The lowest BCUT2D eigenvalue weighted by molar-refractivity contribution is -0.592. The van der Waals surface area contributed by atoms with E-state index in [1.54, 1.807) is 0 Å². The Balaban J connectivity index is 1.67. The van der Waals surface area contributed by atoms with E-state index in [2.05, 4.69) is 10.1 Å². The Morgan fingerprint density at radius 3 is 2.76 bits per heavy atom. The van der Waals surface area contributed by atoms with E-state index in [0.29, 0.717) is 27.9 Å². The molecule has 0 spiro atoms. The van der Waals surface area contributed by atoms with E-state index in [1.807, 2.05) is 0 Å². The Morgan fingerprint density at radius 2 is 2.09 bits per heavy atom. The number of fused-ring (bicyclic) bond motifs is 1. The number of imidazole rings is 1. The normalized spacial score (nSPS) is 18.8. The van der Waals surface area contributed by atoms with E-state index < -0.39 is 53.5 Å². The van der Waals surface area contributed by atoms with Crippen molar-refractivity contribution >= 4 is 21.5 Å². The molecule has 1 fully saturated rings. The first-order valence-corrected chi connectivity index (χ1v) is 11.9. The number of piperidine rings is 1. The summed E-state index contributed by atoms with van der Waals surface area (Å²) in [4.78, 5) is 5.47. The SMILES string of the molecule is CS(=O)(=O)N(O)CC1CN(c2cc(-c3cnc4ccc(C(F)F)nn34)cc[n+]2[O-])CCC1(F)F. The monoisotopic (exact) mass is 504 g/mol. The molecule has 0 amide bonds. The zero-order chi connectivity index (χ0) is 24.8. The number of sulfonamides is 1. The molecule has 1 aliphatic rings. The molecule has 0 bridgehead atoms. The van der Waals surface area contributed by atoms with Crippen molar-refractivity contribution in [2.45, 2.75) is 18.8 Å². The molecule has 0 aliphatic carbocycles. The van der Waals surface area contributed by atoms with Gasteiger partial charge >= 0.3 is 0 Å². The van der Waals surface area contributed by atoms with Gasteiger partial charge in [-0.25, -0.2) is 40.2 Å². The van der Waals surface area contributed by atoms with Crippen molar-refractivity contribution < 1.29 is 35.9 Å². The van der Waals surface area contributed by atoms with Crippen LogP contribution in [-0.2, 0) is 10.0 Å². The van der Waals surface area contributed by atoms with Crippen LogP contribution < -0.4 is 9.63 Å². The highest BCUT2D eigenvalue weighted by atomic mass is 32.2. The summed E-state index contributed by atoms with van der Waals surface area (Å²) in [6, 6.07) is 5.32. The van der Waals surface area contributed by atoms with Gasteiger partial charge in [0.1, 0.15) is 5.69 Å². The van der Waals surface area contributed by atoms with Crippen molar-refractivity contribution in [1.82, 2.24) is 19.1 Å². The quantitative estimate of drug-likeness (QED) is 0.236. The van der Waals surface area contributed by atoms with Crippen LogP contribution >= 0.6 is 0 Å². The third kappa shape index (κ3) is 4.63. The molecule has 1 saturated heterocycles. The molecule has 0 radical (unpaired) electrons. The van der Waals surface area contributed by atoms with Gasteiger partial charge in [-0.2, -0.15) is 5.10 Å². The second-order valence-corrected chi connectivity index (χ2v) is 9.88. The number of alkyl halides is 4. The number of hydrogen-bond donors (Lipinski definition) is 1. The average molecular weight is 504 g/mol. The van der Waals surface area contributed by atoms with Crippen LogP contribution in [0.1, 0.15) is 18.5 Å². The van der Waals surface area contributed by atoms with Crippen molar-refractivity contribution in [3.8, 4) is 11.3 Å². The number of hydrogen-bond acceptors (Lipinski definition) is 7. The lowest BCUT2D eigenvalue weighted by Crippen LogP contribution is -2.53. The molecule has 1 atom stereocenters. The molecule has 1 N–H and O–H groups in total. The maximum absolute atomic E-state index is 14.5. The van der Waals surface area contributed by atoms with Crippen LogP contribution in [0.25, 0.3) is 16.9 Å². The van der Waals surface area contributed by atoms with Gasteiger partial charge in [0.05, 0.1) is 49.9 Å². The first-order chi connectivity index (χ1) is 15.9. The molecule has 1 aliphatic heterocycles. The smallest absolute Gasteiger partial charge is 0.282 e. The van der Waals surface area contributed by atoms with Gasteiger partial charge in [0.15, 0.2) is 5.65 Å². The van der Waals surface area contributed by atoms with Gasteiger partial charge in [-0.15, -0.1) is 0 Å². The van der Waals surface area contributed by atoms with Crippen molar-refractivity contribution in [2.75, 3.05) is 30.8 Å². The lowest BCUT2D eigenvalue weighted by Gasteiger charge is -2.36. The fourth-order valence-corrected chi connectivity index (χ4v) is 4.22. The number of rotatable bonds is 6. The standard InChI is InChI=1S/C19H20F4N6O4S/c1-34(32,33)28(31)11-13-10-26(7-5-19(13,22)23)17-8-12(4-6-27(17)30)15-9-24-16-3-2-14(18(20)21)25-29(15)16/h2-4,6,8-9,13,18,31H,5,7,10-11H2,1H3. The maximum Gasteiger partial charge on any atom is 0.282 e. The number of hydroxylamine groups is 1. The van der Waals surface area contributed by atoms with Gasteiger partial charge < -0.3 is 5.21 Å². The predicted molar refractivity (Wildman–Crippen MR) is 111 cm³/mol. The van der Waals surface area contributed by atoms with E-state index in [4.69, 9.17) is 0 Å². The molecule has 15 heteroatoms. The average Bonchev–Trinajstić information content (AvgIpc) is 3.18. The highest BCUT2D eigenvalue weighted by Crippen LogP contribution is 2.36. The van der Waals surface area contributed by atoms with Crippen LogP contribution in [0.15, 0.2) is 36.7 Å². The van der Waals surface area contributed by atoms with E-state index in [0.717, 1.165) is 12.3 Å². The Kier molecular flexibility index (Phi) is 6.12. The van der Waals surface area contributed by atoms with Crippen LogP contribution in [0.4, 0.5) is 23.4 Å². The van der Waals surface area contributed by atoms with Crippen molar-refractivity contribution in [3.63, 3.8) is 0 Å². The number of aromatic nitrogens is 4. The van der Waals surface area contributed by atoms with Gasteiger partial charge in [-0.1, -0.05) is 4.47 Å². The summed E-state index contributed by atoms with van der Waals surface area (Å²) >= 11 is 0. The zero-order valence-corrected chi connectivity index (χ0v) is 18.5.